The molecule has 0 radical (unpaired) electrons. The SMILES string of the molecule is CC1(C)CC(=O)C2=C(C1)N(Nc1ccccc1)C(N)=C(C#N)[C@H]2c1ccc(Cl)cc1. The standard InChI is InChI=1S/C24H23ClN4O/c1-24(2)12-19-22(20(30)13-24)21(15-8-10-16(25)11-9-15)18(14-26)23(27)29(19)28-17-6-4-3-5-7-17/h3-11,21,28H,12-13,27H2,1-2H3/t21-/m1/s1. The normalized spacial score (nSPS) is 20.7. The Morgan fingerprint density at radius 3 is 2.43 bits per heavy atom. The number of carbonyl (C=O) groups is 1. The average molecular weight is 419 g/mol. The van der Waals surface area contributed by atoms with Crippen molar-refractivity contribution in [3.63, 3.8) is 0 Å². The van der Waals surface area contributed by atoms with Crippen molar-refractivity contribution in [1.82, 2.24) is 5.01 Å². The van der Waals surface area contributed by atoms with Crippen LogP contribution in [0, 0.1) is 16.7 Å². The fraction of sp³-hybridized carbons (Fsp3) is 0.250. The predicted octanol–water partition coefficient (Wildman–Crippen LogP) is 5.10. The first kappa shape index (κ1) is 20.1. The zero-order chi connectivity index (χ0) is 21.5. The minimum absolute atomic E-state index is 0.0429. The van der Waals surface area contributed by atoms with Crippen molar-refractivity contribution in [2.24, 2.45) is 11.1 Å². The van der Waals surface area contributed by atoms with E-state index in [9.17, 15) is 10.1 Å². The molecule has 0 aromatic heterocycles. The number of anilines is 1. The maximum absolute atomic E-state index is 13.3. The summed E-state index contributed by atoms with van der Waals surface area (Å²) in [6, 6.07) is 19.1. The van der Waals surface area contributed by atoms with E-state index in [1.807, 2.05) is 42.5 Å². The van der Waals surface area contributed by atoms with Gasteiger partial charge in [0.25, 0.3) is 0 Å². The van der Waals surface area contributed by atoms with Crippen molar-refractivity contribution in [2.75, 3.05) is 5.43 Å². The van der Waals surface area contributed by atoms with Crippen LogP contribution in [0.3, 0.4) is 0 Å². The maximum Gasteiger partial charge on any atom is 0.162 e. The Bertz CT molecular complexity index is 1090. The Hall–Kier alpha value is -3.23. The first-order valence-corrected chi connectivity index (χ1v) is 10.2. The zero-order valence-electron chi connectivity index (χ0n) is 16.9. The van der Waals surface area contributed by atoms with Gasteiger partial charge in [-0.3, -0.25) is 10.2 Å². The molecule has 1 aliphatic heterocycles. The van der Waals surface area contributed by atoms with Crippen molar-refractivity contribution in [3.8, 4) is 6.07 Å². The summed E-state index contributed by atoms with van der Waals surface area (Å²) in [4.78, 5) is 13.3. The Labute approximate surface area is 181 Å². The van der Waals surface area contributed by atoms with Gasteiger partial charge in [0.05, 0.1) is 28.9 Å². The summed E-state index contributed by atoms with van der Waals surface area (Å²) < 4.78 is 0. The number of nitrogens with one attached hydrogen (secondary N) is 1. The number of allylic oxidation sites excluding steroid dienone is 3. The topological polar surface area (TPSA) is 82.2 Å². The van der Waals surface area contributed by atoms with Crippen LogP contribution in [0.1, 0.15) is 38.2 Å². The molecule has 5 nitrogen and oxygen atoms in total. The lowest BCUT2D eigenvalue weighted by molar-refractivity contribution is -0.118. The molecule has 2 aliphatic rings. The lowest BCUT2D eigenvalue weighted by atomic mass is 9.69. The molecule has 4 rings (SSSR count). The van der Waals surface area contributed by atoms with Crippen molar-refractivity contribution >= 4 is 23.1 Å². The molecule has 0 saturated heterocycles. The van der Waals surface area contributed by atoms with Crippen LogP contribution in [-0.2, 0) is 4.79 Å². The molecule has 1 heterocycles. The van der Waals surface area contributed by atoms with Crippen LogP contribution in [0.15, 0.2) is 77.3 Å². The van der Waals surface area contributed by atoms with Crippen LogP contribution in [-0.4, -0.2) is 10.8 Å². The van der Waals surface area contributed by atoms with Crippen molar-refractivity contribution in [3.05, 3.63) is 87.8 Å². The second-order valence-electron chi connectivity index (χ2n) is 8.51. The van der Waals surface area contributed by atoms with E-state index in [1.54, 1.807) is 17.1 Å². The molecule has 0 amide bonds. The molecular weight excluding hydrogens is 396 g/mol. The molecule has 0 bridgehead atoms. The number of halogens is 1. The number of ketones is 1. The van der Waals surface area contributed by atoms with Gasteiger partial charge in [-0.15, -0.1) is 0 Å². The van der Waals surface area contributed by atoms with Gasteiger partial charge < -0.3 is 5.73 Å². The average Bonchev–Trinajstić information content (AvgIpc) is 2.70. The van der Waals surface area contributed by atoms with Gasteiger partial charge in [-0.1, -0.05) is 55.8 Å². The van der Waals surface area contributed by atoms with E-state index < -0.39 is 5.92 Å². The van der Waals surface area contributed by atoms with Crippen molar-refractivity contribution in [2.45, 2.75) is 32.6 Å². The van der Waals surface area contributed by atoms with Crippen LogP contribution in [0.25, 0.3) is 0 Å². The number of nitrogens with two attached hydrogens (primary N) is 1. The number of para-hydroxylation sites is 1. The van der Waals surface area contributed by atoms with Crippen LogP contribution in [0.2, 0.25) is 5.02 Å². The molecule has 6 heteroatoms. The van der Waals surface area contributed by atoms with Crippen LogP contribution in [0.4, 0.5) is 5.69 Å². The number of rotatable bonds is 3. The molecule has 0 unspecified atom stereocenters. The lowest BCUT2D eigenvalue weighted by Gasteiger charge is -2.43. The number of Topliss-reactive ketones (excluding diaryl/α,β-unsaturated/α-hetero) is 1. The van der Waals surface area contributed by atoms with E-state index in [0.29, 0.717) is 34.8 Å². The van der Waals surface area contributed by atoms with Crippen LogP contribution >= 0.6 is 11.6 Å². The first-order chi connectivity index (χ1) is 14.3. The van der Waals surface area contributed by atoms with Crippen LogP contribution < -0.4 is 11.2 Å². The van der Waals surface area contributed by atoms with Gasteiger partial charge >= 0.3 is 0 Å². The number of hydrogen-bond donors (Lipinski definition) is 2. The Morgan fingerprint density at radius 1 is 1.13 bits per heavy atom. The van der Waals surface area contributed by atoms with Gasteiger partial charge in [0, 0.05) is 17.0 Å². The molecule has 152 valence electrons. The number of carbonyl (C=O) groups excluding carboxylic acids is 1. The largest absolute Gasteiger partial charge is 0.383 e. The third-order valence-electron chi connectivity index (χ3n) is 5.60. The monoisotopic (exact) mass is 418 g/mol. The van der Waals surface area contributed by atoms with Crippen LogP contribution in [0.5, 0.6) is 0 Å². The maximum atomic E-state index is 13.3. The van der Waals surface area contributed by atoms with Gasteiger partial charge in [0.1, 0.15) is 5.82 Å². The van der Waals surface area contributed by atoms with Gasteiger partial charge in [-0.05, 0) is 41.7 Å². The summed E-state index contributed by atoms with van der Waals surface area (Å²) in [7, 11) is 0. The third-order valence-corrected chi connectivity index (χ3v) is 5.85. The number of hydrazine groups is 1. The van der Waals surface area contributed by atoms with Gasteiger partial charge in [0.15, 0.2) is 5.78 Å². The zero-order valence-corrected chi connectivity index (χ0v) is 17.7. The van der Waals surface area contributed by atoms with E-state index in [2.05, 4.69) is 25.3 Å². The summed E-state index contributed by atoms with van der Waals surface area (Å²) in [5.41, 5.74) is 13.1. The molecule has 2 aromatic carbocycles. The van der Waals surface area contributed by atoms with E-state index in [4.69, 9.17) is 17.3 Å². The lowest BCUT2D eigenvalue weighted by Crippen LogP contribution is -2.44. The molecule has 3 N–H and O–H groups in total. The fourth-order valence-corrected chi connectivity index (χ4v) is 4.39. The molecular formula is C24H23ClN4O. The highest BCUT2D eigenvalue weighted by atomic mass is 35.5. The van der Waals surface area contributed by atoms with Gasteiger partial charge in [-0.2, -0.15) is 5.26 Å². The summed E-state index contributed by atoms with van der Waals surface area (Å²) >= 11 is 6.07. The molecule has 0 saturated carbocycles. The molecule has 30 heavy (non-hydrogen) atoms. The quantitative estimate of drug-likeness (QED) is 0.724. The van der Waals surface area contributed by atoms with E-state index in [0.717, 1.165) is 16.9 Å². The molecule has 1 atom stereocenters. The van der Waals surface area contributed by atoms with Gasteiger partial charge in [-0.25, -0.2) is 5.01 Å². The summed E-state index contributed by atoms with van der Waals surface area (Å²) in [6.07, 6.45) is 1.09. The third kappa shape index (κ3) is 3.55. The number of hydrogen-bond acceptors (Lipinski definition) is 5. The Balaban J connectivity index is 1.90. The highest BCUT2D eigenvalue weighted by Gasteiger charge is 2.44. The number of benzene rings is 2. The Kier molecular flexibility index (Phi) is 5.05. The van der Waals surface area contributed by atoms with E-state index >= 15 is 0 Å². The van der Waals surface area contributed by atoms with E-state index in [-0.39, 0.29) is 11.2 Å². The minimum Gasteiger partial charge on any atom is -0.383 e. The predicted molar refractivity (Wildman–Crippen MR) is 118 cm³/mol. The summed E-state index contributed by atoms with van der Waals surface area (Å²) in [6.45, 7) is 4.15. The first-order valence-electron chi connectivity index (χ1n) is 9.84. The highest BCUT2D eigenvalue weighted by Crippen LogP contribution is 2.49. The summed E-state index contributed by atoms with van der Waals surface area (Å²) in [5.74, 6) is -0.147. The number of nitrogens with zero attached hydrogens (tertiary/aromatic N) is 2. The molecule has 1 aliphatic carbocycles. The summed E-state index contributed by atoms with van der Waals surface area (Å²) in [5, 5.41) is 12.3. The van der Waals surface area contributed by atoms with Crippen molar-refractivity contribution in [1.29, 1.82) is 5.26 Å². The second kappa shape index (κ2) is 7.55. The fourth-order valence-electron chi connectivity index (χ4n) is 4.27. The van der Waals surface area contributed by atoms with E-state index in [1.165, 1.54) is 0 Å². The number of nitriles is 1. The molecule has 0 fully saturated rings. The van der Waals surface area contributed by atoms with Crippen molar-refractivity contribution < 1.29 is 4.79 Å². The highest BCUT2D eigenvalue weighted by molar-refractivity contribution is 6.30. The minimum atomic E-state index is -0.500. The smallest absolute Gasteiger partial charge is 0.162 e. The van der Waals surface area contributed by atoms with Gasteiger partial charge in [0.2, 0.25) is 0 Å². The Morgan fingerprint density at radius 2 is 1.80 bits per heavy atom. The second-order valence-corrected chi connectivity index (χ2v) is 8.95. The molecule has 0 spiro atoms. The molecule has 2 aromatic rings.